The van der Waals surface area contributed by atoms with Gasteiger partial charge in [-0.05, 0) is 34.5 Å². The monoisotopic (exact) mass is 432 g/mol. The molecule has 5 heterocycles. The molecule has 4 aromatic heterocycles. The van der Waals surface area contributed by atoms with Crippen LogP contribution < -0.4 is 15.5 Å². The molecule has 5 rings (SSSR count). The molecule has 0 aromatic carbocycles. The average Bonchev–Trinajstić information content (AvgIpc) is 3.52. The van der Waals surface area contributed by atoms with Gasteiger partial charge in [0.05, 0.1) is 23.8 Å². The van der Waals surface area contributed by atoms with E-state index >= 15 is 0 Å². The number of rotatable bonds is 5. The van der Waals surface area contributed by atoms with Crippen molar-refractivity contribution in [2.75, 3.05) is 36.4 Å². The van der Waals surface area contributed by atoms with Crippen LogP contribution in [0.4, 0.5) is 11.4 Å². The summed E-state index contributed by atoms with van der Waals surface area (Å²) < 4.78 is 1.57. The summed E-state index contributed by atoms with van der Waals surface area (Å²) in [4.78, 5) is 28.0. The van der Waals surface area contributed by atoms with E-state index in [2.05, 4.69) is 41.0 Å². The van der Waals surface area contributed by atoms with E-state index in [9.17, 15) is 4.79 Å². The number of hydrogen-bond donors (Lipinski definition) is 2. The van der Waals surface area contributed by atoms with Crippen LogP contribution in [0.3, 0.4) is 0 Å². The van der Waals surface area contributed by atoms with Gasteiger partial charge in [0.2, 0.25) is 0 Å². The fraction of sp³-hybridized carbons (Fsp3) is 0.190. The Morgan fingerprint density at radius 3 is 2.84 bits per heavy atom. The Morgan fingerprint density at radius 2 is 2.00 bits per heavy atom. The van der Waals surface area contributed by atoms with Gasteiger partial charge in [0.1, 0.15) is 5.69 Å². The predicted molar refractivity (Wildman–Crippen MR) is 120 cm³/mol. The minimum Gasteiger partial charge on any atom is -0.367 e. The third-order valence-corrected chi connectivity index (χ3v) is 5.70. The van der Waals surface area contributed by atoms with Gasteiger partial charge < -0.3 is 15.5 Å². The second-order valence-corrected chi connectivity index (χ2v) is 7.79. The summed E-state index contributed by atoms with van der Waals surface area (Å²) in [6.45, 7) is 3.55. The Morgan fingerprint density at radius 1 is 1.10 bits per heavy atom. The molecule has 1 aliphatic heterocycles. The maximum Gasteiger partial charge on any atom is 0.274 e. The van der Waals surface area contributed by atoms with Crippen molar-refractivity contribution < 1.29 is 4.79 Å². The van der Waals surface area contributed by atoms with Crippen molar-refractivity contribution in [1.29, 1.82) is 0 Å². The summed E-state index contributed by atoms with van der Waals surface area (Å²) in [6.07, 6.45) is 8.57. The van der Waals surface area contributed by atoms with Gasteiger partial charge in [0.15, 0.2) is 0 Å². The maximum atomic E-state index is 12.9. The third-order valence-electron chi connectivity index (χ3n) is 5.02. The normalized spacial score (nSPS) is 13.9. The van der Waals surface area contributed by atoms with Crippen LogP contribution in [0.5, 0.6) is 0 Å². The molecule has 0 aliphatic carbocycles. The molecule has 0 unspecified atom stereocenters. The van der Waals surface area contributed by atoms with Crippen LogP contribution in [0.2, 0.25) is 0 Å². The largest absolute Gasteiger partial charge is 0.367 e. The number of anilines is 2. The van der Waals surface area contributed by atoms with Crippen molar-refractivity contribution in [2.45, 2.75) is 0 Å². The number of pyridine rings is 1. The summed E-state index contributed by atoms with van der Waals surface area (Å²) >= 11 is 1.62. The summed E-state index contributed by atoms with van der Waals surface area (Å²) in [5, 5.41) is 14.7. The molecule has 0 spiro atoms. The lowest BCUT2D eigenvalue weighted by Gasteiger charge is -2.30. The second kappa shape index (κ2) is 8.62. The van der Waals surface area contributed by atoms with E-state index in [1.807, 2.05) is 23.7 Å². The lowest BCUT2D eigenvalue weighted by atomic mass is 10.2. The molecule has 156 valence electrons. The number of piperazine rings is 1. The summed E-state index contributed by atoms with van der Waals surface area (Å²) in [7, 11) is 0. The molecule has 2 N–H and O–H groups in total. The topological polar surface area (TPSA) is 101 Å². The number of thiophene rings is 1. The first-order valence-corrected chi connectivity index (χ1v) is 10.8. The van der Waals surface area contributed by atoms with Crippen molar-refractivity contribution in [3.8, 4) is 17.1 Å². The fourth-order valence-electron chi connectivity index (χ4n) is 3.45. The fourth-order valence-corrected chi connectivity index (χ4v) is 4.11. The van der Waals surface area contributed by atoms with Crippen LogP contribution >= 0.6 is 11.3 Å². The molecular weight excluding hydrogens is 412 g/mol. The van der Waals surface area contributed by atoms with Gasteiger partial charge in [-0.3, -0.25) is 9.78 Å². The van der Waals surface area contributed by atoms with Crippen LogP contribution in [0.15, 0.2) is 59.9 Å². The van der Waals surface area contributed by atoms with Crippen molar-refractivity contribution in [3.63, 3.8) is 0 Å². The molecule has 0 saturated carbocycles. The van der Waals surface area contributed by atoms with E-state index in [0.717, 1.165) is 43.0 Å². The van der Waals surface area contributed by atoms with Gasteiger partial charge in [0, 0.05) is 50.3 Å². The predicted octanol–water partition coefficient (Wildman–Crippen LogP) is 2.45. The minimum atomic E-state index is -0.321. The van der Waals surface area contributed by atoms with Crippen molar-refractivity contribution in [3.05, 3.63) is 65.6 Å². The molecule has 0 bridgehead atoms. The highest BCUT2D eigenvalue weighted by Gasteiger charge is 2.17. The SMILES string of the molecule is O=C(Nc1cnccc1N1CCNCC1)c1ccnc(-n2cc(-c3ccsc3)cn2)n1. The molecule has 1 aliphatic rings. The van der Waals surface area contributed by atoms with Gasteiger partial charge in [-0.25, -0.2) is 14.6 Å². The minimum absolute atomic E-state index is 0.257. The van der Waals surface area contributed by atoms with E-state index < -0.39 is 0 Å². The second-order valence-electron chi connectivity index (χ2n) is 7.01. The number of hydrogen-bond acceptors (Lipinski definition) is 8. The van der Waals surface area contributed by atoms with E-state index in [0.29, 0.717) is 11.6 Å². The summed E-state index contributed by atoms with van der Waals surface area (Å²) in [5.41, 5.74) is 3.92. The van der Waals surface area contributed by atoms with Gasteiger partial charge in [-0.15, -0.1) is 0 Å². The quantitative estimate of drug-likeness (QED) is 0.500. The standard InChI is InChI=1S/C21H20N8OS/c30-20(26-18-12-23-4-2-19(18)28-8-6-22-7-9-28)17-1-5-24-21(27-17)29-13-16(11-25-29)15-3-10-31-14-15/h1-5,10-14,22H,6-9H2,(H,26,30). The summed E-state index contributed by atoms with van der Waals surface area (Å²) in [6, 6.07) is 5.53. The molecule has 1 amide bonds. The molecule has 1 fully saturated rings. The number of amides is 1. The van der Waals surface area contributed by atoms with Crippen LogP contribution in [0.25, 0.3) is 17.1 Å². The molecule has 0 radical (unpaired) electrons. The van der Waals surface area contributed by atoms with Crippen LogP contribution in [0.1, 0.15) is 10.5 Å². The Labute approximate surface area is 182 Å². The number of carbonyl (C=O) groups is 1. The molecule has 9 nitrogen and oxygen atoms in total. The molecule has 4 aromatic rings. The van der Waals surface area contributed by atoms with Gasteiger partial charge in [-0.1, -0.05) is 0 Å². The zero-order chi connectivity index (χ0) is 21.0. The van der Waals surface area contributed by atoms with Crippen LogP contribution in [-0.2, 0) is 0 Å². The molecule has 10 heteroatoms. The highest BCUT2D eigenvalue weighted by Crippen LogP contribution is 2.25. The first kappa shape index (κ1) is 19.3. The van der Waals surface area contributed by atoms with E-state index in [1.54, 1.807) is 46.9 Å². The van der Waals surface area contributed by atoms with Crippen LogP contribution in [-0.4, -0.2) is 56.8 Å². The Hall–Kier alpha value is -3.63. The van der Waals surface area contributed by atoms with Gasteiger partial charge in [0.25, 0.3) is 11.9 Å². The van der Waals surface area contributed by atoms with Crippen molar-refractivity contribution in [2.24, 2.45) is 0 Å². The molecule has 1 saturated heterocycles. The number of aromatic nitrogens is 5. The average molecular weight is 433 g/mol. The summed E-state index contributed by atoms with van der Waals surface area (Å²) in [5.74, 6) is 0.0147. The maximum absolute atomic E-state index is 12.9. The molecular formula is C21H20N8OS. The third kappa shape index (κ3) is 4.16. The van der Waals surface area contributed by atoms with Crippen LogP contribution in [0, 0.1) is 0 Å². The zero-order valence-electron chi connectivity index (χ0n) is 16.6. The Bertz CT molecular complexity index is 1180. The first-order chi connectivity index (χ1) is 15.3. The van der Waals surface area contributed by atoms with Crippen molar-refractivity contribution >= 4 is 28.6 Å². The number of nitrogens with zero attached hydrogens (tertiary/aromatic N) is 6. The smallest absolute Gasteiger partial charge is 0.274 e. The lowest BCUT2D eigenvalue weighted by molar-refractivity contribution is 0.102. The highest BCUT2D eigenvalue weighted by molar-refractivity contribution is 7.08. The first-order valence-electron chi connectivity index (χ1n) is 9.89. The van der Waals surface area contributed by atoms with E-state index in [1.165, 1.54) is 0 Å². The van der Waals surface area contributed by atoms with E-state index in [-0.39, 0.29) is 11.6 Å². The van der Waals surface area contributed by atoms with Gasteiger partial charge in [-0.2, -0.15) is 16.4 Å². The number of nitrogens with one attached hydrogen (secondary N) is 2. The van der Waals surface area contributed by atoms with Crippen molar-refractivity contribution in [1.82, 2.24) is 30.0 Å². The number of carbonyl (C=O) groups excluding carboxylic acids is 1. The Balaban J connectivity index is 1.37. The van der Waals surface area contributed by atoms with Gasteiger partial charge >= 0.3 is 0 Å². The molecule has 31 heavy (non-hydrogen) atoms. The molecule has 0 atom stereocenters. The van der Waals surface area contributed by atoms with E-state index in [4.69, 9.17) is 0 Å². The lowest BCUT2D eigenvalue weighted by Crippen LogP contribution is -2.43. The highest BCUT2D eigenvalue weighted by atomic mass is 32.1. The zero-order valence-corrected chi connectivity index (χ0v) is 17.4. The Kier molecular flexibility index (Phi) is 5.38.